The largest absolute Gasteiger partial charge is 0.325 e. The van der Waals surface area contributed by atoms with Crippen LogP contribution >= 0.6 is 12.4 Å². The number of benzene rings is 1. The van der Waals surface area contributed by atoms with Gasteiger partial charge in [-0.1, -0.05) is 12.5 Å². The molecule has 3 rings (SSSR count). The average molecular weight is 431 g/mol. The number of nitrogens with zero attached hydrogens (tertiary/aromatic N) is 2. The average Bonchev–Trinajstić information content (AvgIpc) is 2.66. The molecule has 28 heavy (non-hydrogen) atoms. The zero-order valence-corrected chi connectivity index (χ0v) is 18.2. The quantitative estimate of drug-likeness (QED) is 0.744. The number of piperidine rings is 1. The van der Waals surface area contributed by atoms with Gasteiger partial charge in [0.25, 0.3) is 0 Å². The first-order valence-corrected chi connectivity index (χ1v) is 11.2. The number of carbonyl (C=O) groups excluding carboxylic acids is 1. The second kappa shape index (κ2) is 10.0. The van der Waals surface area contributed by atoms with Gasteiger partial charge in [-0.3, -0.25) is 9.69 Å². The lowest BCUT2D eigenvalue weighted by Crippen LogP contribution is -2.52. The number of rotatable bonds is 5. The van der Waals surface area contributed by atoms with E-state index in [2.05, 4.69) is 22.5 Å². The highest BCUT2D eigenvalue weighted by Gasteiger charge is 2.27. The molecule has 0 aliphatic carbocycles. The number of nitrogens with one attached hydrogen (secondary N) is 2. The van der Waals surface area contributed by atoms with Gasteiger partial charge in [0.05, 0.1) is 11.4 Å². The molecule has 1 aromatic rings. The van der Waals surface area contributed by atoms with E-state index in [0.29, 0.717) is 31.4 Å². The smallest absolute Gasteiger partial charge is 0.243 e. The standard InChI is InChI=1S/C19H30N4O3S.ClH/c1-15-6-7-17(27(25,26)23-9-4-3-5-10-23)12-18(15)21-19(24)14-22-11-8-20-13-16(22)2;/h6-7,12,16,20H,3-5,8-11,13-14H2,1-2H3,(H,21,24);1H/t16-;/m0./s1. The summed E-state index contributed by atoms with van der Waals surface area (Å²) in [4.78, 5) is 14.9. The van der Waals surface area contributed by atoms with Crippen LogP contribution in [0.2, 0.25) is 0 Å². The van der Waals surface area contributed by atoms with E-state index in [1.54, 1.807) is 22.5 Å². The molecule has 0 saturated carbocycles. The SMILES string of the molecule is Cc1ccc(S(=O)(=O)N2CCCCC2)cc1NC(=O)CN1CCNC[C@@H]1C.Cl. The third kappa shape index (κ3) is 5.45. The van der Waals surface area contributed by atoms with E-state index in [-0.39, 0.29) is 23.2 Å². The number of sulfonamides is 1. The summed E-state index contributed by atoms with van der Waals surface area (Å²) in [5.41, 5.74) is 1.43. The maximum atomic E-state index is 12.9. The molecular formula is C19H31ClN4O3S. The second-order valence-electron chi connectivity index (χ2n) is 7.51. The van der Waals surface area contributed by atoms with Crippen molar-refractivity contribution in [1.29, 1.82) is 0 Å². The van der Waals surface area contributed by atoms with Gasteiger partial charge in [-0.2, -0.15) is 4.31 Å². The van der Waals surface area contributed by atoms with Crippen LogP contribution in [0.5, 0.6) is 0 Å². The zero-order valence-electron chi connectivity index (χ0n) is 16.6. The summed E-state index contributed by atoms with van der Waals surface area (Å²) in [5, 5.41) is 6.22. The molecule has 7 nitrogen and oxygen atoms in total. The summed E-state index contributed by atoms with van der Waals surface area (Å²) in [6.07, 6.45) is 2.88. The minimum atomic E-state index is -3.51. The number of aryl methyl sites for hydroxylation is 1. The van der Waals surface area contributed by atoms with Crippen LogP contribution in [0.15, 0.2) is 23.1 Å². The Morgan fingerprint density at radius 3 is 2.61 bits per heavy atom. The van der Waals surface area contributed by atoms with Gasteiger partial charge in [-0.15, -0.1) is 12.4 Å². The minimum Gasteiger partial charge on any atom is -0.325 e. The van der Waals surface area contributed by atoms with Crippen molar-refractivity contribution >= 4 is 34.0 Å². The molecule has 2 fully saturated rings. The van der Waals surface area contributed by atoms with E-state index in [0.717, 1.165) is 44.5 Å². The van der Waals surface area contributed by atoms with Crippen LogP contribution in [-0.2, 0) is 14.8 Å². The van der Waals surface area contributed by atoms with Gasteiger partial charge >= 0.3 is 0 Å². The van der Waals surface area contributed by atoms with Crippen molar-refractivity contribution in [3.8, 4) is 0 Å². The Hall–Kier alpha value is -1.19. The van der Waals surface area contributed by atoms with Crippen LogP contribution in [0.1, 0.15) is 31.7 Å². The zero-order chi connectivity index (χ0) is 19.4. The van der Waals surface area contributed by atoms with Gasteiger partial charge in [0.2, 0.25) is 15.9 Å². The molecule has 9 heteroatoms. The Kier molecular flexibility index (Phi) is 8.27. The first-order chi connectivity index (χ1) is 12.9. The lowest BCUT2D eigenvalue weighted by molar-refractivity contribution is -0.118. The molecule has 0 spiro atoms. The molecule has 2 N–H and O–H groups in total. The van der Waals surface area contributed by atoms with Crippen molar-refractivity contribution in [1.82, 2.24) is 14.5 Å². The highest BCUT2D eigenvalue weighted by atomic mass is 35.5. The molecule has 2 saturated heterocycles. The number of halogens is 1. The number of anilines is 1. The number of hydrogen-bond acceptors (Lipinski definition) is 5. The maximum Gasteiger partial charge on any atom is 0.243 e. The lowest BCUT2D eigenvalue weighted by atomic mass is 10.2. The molecule has 0 bridgehead atoms. The predicted molar refractivity (Wildman–Crippen MR) is 114 cm³/mol. The third-order valence-electron chi connectivity index (χ3n) is 5.42. The highest BCUT2D eigenvalue weighted by molar-refractivity contribution is 7.89. The van der Waals surface area contributed by atoms with E-state index in [9.17, 15) is 13.2 Å². The lowest BCUT2D eigenvalue weighted by Gasteiger charge is -2.33. The normalized spacial score (nSPS) is 21.7. The van der Waals surface area contributed by atoms with Gasteiger partial charge in [0.15, 0.2) is 0 Å². The number of hydrogen-bond donors (Lipinski definition) is 2. The maximum absolute atomic E-state index is 12.9. The van der Waals surface area contributed by atoms with E-state index >= 15 is 0 Å². The van der Waals surface area contributed by atoms with E-state index in [4.69, 9.17) is 0 Å². The van der Waals surface area contributed by atoms with Gasteiger partial charge in [-0.05, 0) is 44.4 Å². The van der Waals surface area contributed by atoms with Crippen LogP contribution in [0.3, 0.4) is 0 Å². The number of carbonyl (C=O) groups is 1. The first-order valence-electron chi connectivity index (χ1n) is 9.73. The molecular weight excluding hydrogens is 400 g/mol. The van der Waals surface area contributed by atoms with Gasteiger partial charge < -0.3 is 10.6 Å². The summed E-state index contributed by atoms with van der Waals surface area (Å²) < 4.78 is 27.3. The summed E-state index contributed by atoms with van der Waals surface area (Å²) >= 11 is 0. The highest BCUT2D eigenvalue weighted by Crippen LogP contribution is 2.25. The molecule has 1 amide bonds. The Morgan fingerprint density at radius 1 is 1.21 bits per heavy atom. The molecule has 1 aromatic carbocycles. The van der Waals surface area contributed by atoms with E-state index in [1.807, 2.05) is 6.92 Å². The van der Waals surface area contributed by atoms with E-state index in [1.165, 1.54) is 0 Å². The summed E-state index contributed by atoms with van der Waals surface area (Å²) in [6, 6.07) is 5.29. The van der Waals surface area contributed by atoms with Crippen molar-refractivity contribution in [2.24, 2.45) is 0 Å². The van der Waals surface area contributed by atoms with Crippen molar-refractivity contribution in [3.63, 3.8) is 0 Å². The molecule has 2 heterocycles. The monoisotopic (exact) mass is 430 g/mol. The third-order valence-corrected chi connectivity index (χ3v) is 7.32. The molecule has 0 unspecified atom stereocenters. The van der Waals surface area contributed by atoms with E-state index < -0.39 is 10.0 Å². The second-order valence-corrected chi connectivity index (χ2v) is 9.45. The predicted octanol–water partition coefficient (Wildman–Crippen LogP) is 1.82. The van der Waals surface area contributed by atoms with Crippen LogP contribution < -0.4 is 10.6 Å². The van der Waals surface area contributed by atoms with Gasteiger partial charge in [0, 0.05) is 44.5 Å². The van der Waals surface area contributed by atoms with Crippen molar-refractivity contribution < 1.29 is 13.2 Å². The Labute approximate surface area is 174 Å². The van der Waals surface area contributed by atoms with Crippen LogP contribution in [-0.4, -0.2) is 68.8 Å². The molecule has 158 valence electrons. The fourth-order valence-electron chi connectivity index (χ4n) is 3.64. The number of amides is 1. The van der Waals surface area contributed by atoms with Crippen molar-refractivity contribution in [2.45, 2.75) is 44.0 Å². The molecule has 1 atom stereocenters. The summed E-state index contributed by atoms with van der Waals surface area (Å²) in [5.74, 6) is -0.112. The Morgan fingerprint density at radius 2 is 1.93 bits per heavy atom. The molecule has 2 aliphatic rings. The first kappa shape index (κ1) is 23.1. The van der Waals surface area contributed by atoms with Crippen LogP contribution in [0, 0.1) is 6.92 Å². The molecule has 0 aromatic heterocycles. The fourth-order valence-corrected chi connectivity index (χ4v) is 5.19. The summed E-state index contributed by atoms with van der Waals surface area (Å²) in [7, 11) is -3.51. The van der Waals surface area contributed by atoms with Crippen LogP contribution in [0.4, 0.5) is 5.69 Å². The molecule has 0 radical (unpaired) electrons. The Balaban J connectivity index is 0.00000280. The number of piperazine rings is 1. The van der Waals surface area contributed by atoms with Gasteiger partial charge in [0.1, 0.15) is 0 Å². The van der Waals surface area contributed by atoms with Crippen LogP contribution in [0.25, 0.3) is 0 Å². The topological polar surface area (TPSA) is 81.8 Å². The fraction of sp³-hybridized carbons (Fsp3) is 0.632. The van der Waals surface area contributed by atoms with Gasteiger partial charge in [-0.25, -0.2) is 8.42 Å². The molecule has 2 aliphatic heterocycles. The Bertz CT molecular complexity index is 781. The minimum absolute atomic E-state index is 0. The van der Waals surface area contributed by atoms with Crippen molar-refractivity contribution in [3.05, 3.63) is 23.8 Å². The van der Waals surface area contributed by atoms with Crippen molar-refractivity contribution in [2.75, 3.05) is 44.6 Å². The summed E-state index contributed by atoms with van der Waals surface area (Å²) in [6.45, 7) is 7.99.